The van der Waals surface area contributed by atoms with Crippen LogP contribution in [0.4, 0.5) is 0 Å². The van der Waals surface area contributed by atoms with Crippen molar-refractivity contribution < 1.29 is 24.2 Å². The van der Waals surface area contributed by atoms with Crippen LogP contribution < -0.4 is 9.47 Å². The third-order valence-electron chi connectivity index (χ3n) is 6.89. The summed E-state index contributed by atoms with van der Waals surface area (Å²) in [6.07, 6.45) is 0.572. The van der Waals surface area contributed by atoms with Crippen LogP contribution in [0.5, 0.6) is 11.5 Å². The first kappa shape index (κ1) is 26.8. The smallest absolute Gasteiger partial charge is 0.295 e. The Morgan fingerprint density at radius 2 is 1.45 bits per heavy atom. The number of hydrogen-bond acceptors (Lipinski definition) is 5. The molecular weight excluding hydrogens is 502 g/mol. The second-order valence-corrected chi connectivity index (χ2v) is 9.53. The quantitative estimate of drug-likeness (QED) is 0.147. The number of rotatable bonds is 10. The minimum Gasteiger partial charge on any atom is -0.507 e. The van der Waals surface area contributed by atoms with Gasteiger partial charge in [0, 0.05) is 12.1 Å². The van der Waals surface area contributed by atoms with Gasteiger partial charge >= 0.3 is 0 Å². The van der Waals surface area contributed by atoms with E-state index in [1.165, 1.54) is 0 Å². The summed E-state index contributed by atoms with van der Waals surface area (Å²) in [4.78, 5) is 28.3. The highest BCUT2D eigenvalue weighted by Crippen LogP contribution is 2.40. The average molecular weight is 534 g/mol. The van der Waals surface area contributed by atoms with Crippen molar-refractivity contribution in [2.45, 2.75) is 26.0 Å². The van der Waals surface area contributed by atoms with Crippen LogP contribution >= 0.6 is 0 Å². The number of benzene rings is 4. The number of likely N-dealkylation sites (tertiary alicyclic amines) is 1. The summed E-state index contributed by atoms with van der Waals surface area (Å²) in [5.74, 6) is -0.328. The number of ether oxygens (including phenoxy) is 2. The van der Waals surface area contributed by atoms with Crippen molar-refractivity contribution in [3.63, 3.8) is 0 Å². The van der Waals surface area contributed by atoms with Crippen molar-refractivity contribution >= 4 is 17.4 Å². The van der Waals surface area contributed by atoms with Crippen LogP contribution in [0.25, 0.3) is 5.76 Å². The van der Waals surface area contributed by atoms with Gasteiger partial charge in [-0.25, -0.2) is 0 Å². The second-order valence-electron chi connectivity index (χ2n) is 9.53. The molecule has 4 aromatic rings. The number of aliphatic hydroxyl groups is 1. The minimum absolute atomic E-state index is 0.0599. The van der Waals surface area contributed by atoms with Crippen molar-refractivity contribution in [2.24, 2.45) is 0 Å². The molecule has 1 aliphatic heterocycles. The summed E-state index contributed by atoms with van der Waals surface area (Å²) in [6, 6.07) is 33.2. The van der Waals surface area contributed by atoms with Crippen molar-refractivity contribution in [1.82, 2.24) is 4.90 Å². The number of ketones is 1. The maximum Gasteiger partial charge on any atom is 0.295 e. The first-order valence-corrected chi connectivity index (χ1v) is 13.4. The summed E-state index contributed by atoms with van der Waals surface area (Å²) in [6.45, 7) is 3.08. The molecule has 5 rings (SSSR count). The van der Waals surface area contributed by atoms with Crippen molar-refractivity contribution in [3.05, 3.63) is 137 Å². The van der Waals surface area contributed by atoms with Crippen molar-refractivity contribution in [1.29, 1.82) is 0 Å². The molecule has 0 aromatic heterocycles. The van der Waals surface area contributed by atoms with Gasteiger partial charge in [-0.3, -0.25) is 9.59 Å². The van der Waals surface area contributed by atoms with E-state index in [0.29, 0.717) is 48.8 Å². The molecule has 1 N–H and O–H groups in total. The monoisotopic (exact) mass is 533 g/mol. The molecule has 0 spiro atoms. The Morgan fingerprint density at radius 3 is 2.12 bits per heavy atom. The Kier molecular flexibility index (Phi) is 8.26. The third-order valence-corrected chi connectivity index (χ3v) is 6.89. The zero-order chi connectivity index (χ0) is 27.9. The molecule has 0 radical (unpaired) electrons. The lowest BCUT2D eigenvalue weighted by Crippen LogP contribution is -2.31. The molecule has 1 amide bonds. The predicted octanol–water partition coefficient (Wildman–Crippen LogP) is 6.33. The van der Waals surface area contributed by atoms with Gasteiger partial charge in [0.1, 0.15) is 23.9 Å². The van der Waals surface area contributed by atoms with E-state index in [1.807, 2.05) is 91.9 Å². The lowest BCUT2D eigenvalue weighted by atomic mass is 9.95. The molecule has 0 aliphatic carbocycles. The summed E-state index contributed by atoms with van der Waals surface area (Å²) < 4.78 is 11.5. The topological polar surface area (TPSA) is 76.1 Å². The summed E-state index contributed by atoms with van der Waals surface area (Å²) >= 11 is 0. The van der Waals surface area contributed by atoms with Gasteiger partial charge < -0.3 is 19.5 Å². The van der Waals surface area contributed by atoms with E-state index in [-0.39, 0.29) is 11.3 Å². The highest BCUT2D eigenvalue weighted by Gasteiger charge is 2.45. The molecule has 40 heavy (non-hydrogen) atoms. The van der Waals surface area contributed by atoms with Gasteiger partial charge in [-0.05, 0) is 54.3 Å². The molecule has 6 nitrogen and oxygen atoms in total. The largest absolute Gasteiger partial charge is 0.507 e. The minimum atomic E-state index is -0.748. The zero-order valence-corrected chi connectivity index (χ0v) is 22.3. The molecule has 1 atom stereocenters. The number of hydrogen-bond donors (Lipinski definition) is 1. The molecule has 1 aliphatic rings. The molecule has 202 valence electrons. The molecule has 6 heteroatoms. The highest BCUT2D eigenvalue weighted by atomic mass is 16.5. The number of carbonyl (C=O) groups excluding carboxylic acids is 2. The second kappa shape index (κ2) is 12.3. The van der Waals surface area contributed by atoms with Crippen LogP contribution in [0.15, 0.2) is 115 Å². The van der Waals surface area contributed by atoms with Crippen molar-refractivity contribution in [2.75, 3.05) is 13.2 Å². The normalized spacial score (nSPS) is 16.2. The van der Waals surface area contributed by atoms with Gasteiger partial charge in [0.15, 0.2) is 0 Å². The standard InChI is InChI=1S/C34H31NO5/c1-2-39-29-15-9-14-27(22-29)32(36)30-31(35(34(38)33(30)37)21-20-24-10-5-3-6-11-24)26-16-18-28(19-17-26)40-23-25-12-7-4-8-13-25/h3-19,22,31,36H,2,20-21,23H2,1H3. The van der Waals surface area contributed by atoms with Crippen LogP contribution in [0.3, 0.4) is 0 Å². The zero-order valence-electron chi connectivity index (χ0n) is 22.3. The van der Waals surface area contributed by atoms with E-state index < -0.39 is 17.7 Å². The third kappa shape index (κ3) is 5.91. The Balaban J connectivity index is 1.49. The Bertz CT molecular complexity index is 1500. The molecule has 1 fully saturated rings. The van der Waals surface area contributed by atoms with Crippen LogP contribution in [0.2, 0.25) is 0 Å². The SMILES string of the molecule is CCOc1cccc(C(O)=C2C(=O)C(=O)N(CCc3ccccc3)C2c2ccc(OCc3ccccc3)cc2)c1. The van der Waals surface area contributed by atoms with Crippen LogP contribution in [-0.4, -0.2) is 34.8 Å². The predicted molar refractivity (Wildman–Crippen MR) is 154 cm³/mol. The fourth-order valence-corrected chi connectivity index (χ4v) is 4.89. The van der Waals surface area contributed by atoms with E-state index in [4.69, 9.17) is 9.47 Å². The number of amides is 1. The summed E-state index contributed by atoms with van der Waals surface area (Å²) in [7, 11) is 0. The fraction of sp³-hybridized carbons (Fsp3) is 0.176. The maximum absolute atomic E-state index is 13.4. The van der Waals surface area contributed by atoms with E-state index in [1.54, 1.807) is 29.2 Å². The van der Waals surface area contributed by atoms with Crippen molar-refractivity contribution in [3.8, 4) is 11.5 Å². The highest BCUT2D eigenvalue weighted by molar-refractivity contribution is 6.46. The molecule has 0 saturated carbocycles. The van der Waals surface area contributed by atoms with Gasteiger partial charge in [-0.1, -0.05) is 84.9 Å². The van der Waals surface area contributed by atoms with Crippen LogP contribution in [0, 0.1) is 0 Å². The van der Waals surface area contributed by atoms with E-state index in [9.17, 15) is 14.7 Å². The lowest BCUT2D eigenvalue weighted by Gasteiger charge is -2.25. The molecule has 4 aromatic carbocycles. The molecule has 1 saturated heterocycles. The van der Waals surface area contributed by atoms with Crippen LogP contribution in [-0.2, 0) is 22.6 Å². The van der Waals surface area contributed by atoms with Gasteiger partial charge in [-0.2, -0.15) is 0 Å². The van der Waals surface area contributed by atoms with Crippen LogP contribution in [0.1, 0.15) is 35.2 Å². The number of nitrogens with zero attached hydrogens (tertiary/aromatic N) is 1. The van der Waals surface area contributed by atoms with Gasteiger partial charge in [-0.15, -0.1) is 0 Å². The molecular formula is C34H31NO5. The Hall–Kier alpha value is -4.84. The first-order valence-electron chi connectivity index (χ1n) is 13.4. The van der Waals surface area contributed by atoms with E-state index in [2.05, 4.69) is 0 Å². The number of carbonyl (C=O) groups is 2. The summed E-state index contributed by atoms with van der Waals surface area (Å²) in [5, 5.41) is 11.4. The average Bonchev–Trinajstić information content (AvgIpc) is 3.25. The molecule has 0 bridgehead atoms. The van der Waals surface area contributed by atoms with Gasteiger partial charge in [0.05, 0.1) is 18.2 Å². The van der Waals surface area contributed by atoms with E-state index >= 15 is 0 Å². The van der Waals surface area contributed by atoms with Gasteiger partial charge in [0.2, 0.25) is 0 Å². The van der Waals surface area contributed by atoms with E-state index in [0.717, 1.165) is 11.1 Å². The molecule has 1 heterocycles. The summed E-state index contributed by atoms with van der Waals surface area (Å²) in [5.41, 5.74) is 3.29. The molecule has 1 unspecified atom stereocenters. The number of Topliss-reactive ketones (excluding diaryl/α,β-unsaturated/α-hetero) is 1. The Labute approximate surface area is 234 Å². The lowest BCUT2D eigenvalue weighted by molar-refractivity contribution is -0.139. The fourth-order valence-electron chi connectivity index (χ4n) is 4.89. The number of aliphatic hydroxyl groups excluding tert-OH is 1. The maximum atomic E-state index is 13.4. The Morgan fingerprint density at radius 1 is 0.775 bits per heavy atom. The first-order chi connectivity index (χ1) is 19.5. The van der Waals surface area contributed by atoms with Gasteiger partial charge in [0.25, 0.3) is 11.7 Å².